The number of ether oxygens (including phenoxy) is 1. The Bertz CT molecular complexity index is 419. The van der Waals surface area contributed by atoms with Gasteiger partial charge < -0.3 is 14.6 Å². The van der Waals surface area contributed by atoms with E-state index < -0.39 is 5.60 Å². The summed E-state index contributed by atoms with van der Waals surface area (Å²) < 4.78 is 11.4. The highest BCUT2D eigenvalue weighted by Crippen LogP contribution is 2.31. The van der Waals surface area contributed by atoms with E-state index in [-0.39, 0.29) is 5.92 Å². The zero-order chi connectivity index (χ0) is 16.0. The molecule has 0 saturated carbocycles. The first-order chi connectivity index (χ1) is 9.89. The van der Waals surface area contributed by atoms with Crippen molar-refractivity contribution in [3.63, 3.8) is 0 Å². The fourth-order valence-electron chi connectivity index (χ4n) is 2.75. The van der Waals surface area contributed by atoms with Crippen LogP contribution >= 0.6 is 0 Å². The monoisotopic (exact) mass is 297 g/mol. The van der Waals surface area contributed by atoms with E-state index in [2.05, 4.69) is 50.1 Å². The SMILES string of the molecule is CCNC(C)C(c1nc(C(C)(CC)OCC)no1)C(C)C. The summed E-state index contributed by atoms with van der Waals surface area (Å²) in [7, 11) is 0. The van der Waals surface area contributed by atoms with Gasteiger partial charge in [-0.3, -0.25) is 0 Å². The molecule has 122 valence electrons. The summed E-state index contributed by atoms with van der Waals surface area (Å²) in [5, 5.41) is 7.64. The second kappa shape index (κ2) is 7.90. The van der Waals surface area contributed by atoms with E-state index in [0.717, 1.165) is 13.0 Å². The van der Waals surface area contributed by atoms with Crippen LogP contribution in [0.2, 0.25) is 0 Å². The molecular formula is C16H31N3O2. The van der Waals surface area contributed by atoms with Crippen LogP contribution in [-0.4, -0.2) is 29.3 Å². The molecule has 0 saturated heterocycles. The van der Waals surface area contributed by atoms with Gasteiger partial charge in [-0.25, -0.2) is 0 Å². The molecule has 21 heavy (non-hydrogen) atoms. The van der Waals surface area contributed by atoms with Crippen molar-refractivity contribution in [2.45, 2.75) is 72.4 Å². The van der Waals surface area contributed by atoms with Crippen LogP contribution in [0.4, 0.5) is 0 Å². The molecule has 3 unspecified atom stereocenters. The molecule has 0 amide bonds. The average Bonchev–Trinajstić information content (AvgIpc) is 2.89. The van der Waals surface area contributed by atoms with E-state index in [1.54, 1.807) is 0 Å². The van der Waals surface area contributed by atoms with Crippen LogP contribution < -0.4 is 5.32 Å². The first-order valence-corrected chi connectivity index (χ1v) is 8.10. The maximum atomic E-state index is 5.83. The topological polar surface area (TPSA) is 60.2 Å². The fourth-order valence-corrected chi connectivity index (χ4v) is 2.75. The quantitative estimate of drug-likeness (QED) is 0.756. The van der Waals surface area contributed by atoms with Crippen molar-refractivity contribution in [1.29, 1.82) is 0 Å². The Kier molecular flexibility index (Phi) is 6.81. The molecule has 0 spiro atoms. The minimum Gasteiger partial charge on any atom is -0.367 e. The highest BCUT2D eigenvalue weighted by Gasteiger charge is 2.34. The van der Waals surface area contributed by atoms with Crippen molar-refractivity contribution >= 4 is 0 Å². The molecule has 1 N–H and O–H groups in total. The molecule has 1 heterocycles. The minimum absolute atomic E-state index is 0.203. The van der Waals surface area contributed by atoms with E-state index in [4.69, 9.17) is 9.26 Å². The first-order valence-electron chi connectivity index (χ1n) is 8.10. The normalized spacial score (nSPS) is 17.7. The highest BCUT2D eigenvalue weighted by atomic mass is 16.5. The predicted octanol–water partition coefficient (Wildman–Crippen LogP) is 3.47. The van der Waals surface area contributed by atoms with Crippen molar-refractivity contribution in [1.82, 2.24) is 15.5 Å². The lowest BCUT2D eigenvalue weighted by Crippen LogP contribution is -2.35. The molecule has 5 heteroatoms. The lowest BCUT2D eigenvalue weighted by Gasteiger charge is -2.25. The first kappa shape index (κ1) is 18.1. The van der Waals surface area contributed by atoms with Crippen molar-refractivity contribution < 1.29 is 9.26 Å². The molecule has 1 rings (SSSR count). The van der Waals surface area contributed by atoms with Crippen molar-refractivity contribution in [2.24, 2.45) is 5.92 Å². The van der Waals surface area contributed by atoms with Crippen molar-refractivity contribution in [2.75, 3.05) is 13.2 Å². The zero-order valence-corrected chi connectivity index (χ0v) is 14.6. The molecule has 1 aromatic rings. The Labute approximate surface area is 128 Å². The number of rotatable bonds is 9. The molecule has 0 aliphatic carbocycles. The fraction of sp³-hybridized carbons (Fsp3) is 0.875. The Morgan fingerprint density at radius 2 is 1.90 bits per heavy atom. The van der Waals surface area contributed by atoms with Gasteiger partial charge in [0.1, 0.15) is 5.60 Å². The van der Waals surface area contributed by atoms with Crippen LogP contribution in [-0.2, 0) is 10.3 Å². The van der Waals surface area contributed by atoms with Crippen LogP contribution in [0.3, 0.4) is 0 Å². The number of nitrogens with zero attached hydrogens (tertiary/aromatic N) is 2. The maximum Gasteiger partial charge on any atom is 0.231 e. The molecule has 0 radical (unpaired) electrons. The largest absolute Gasteiger partial charge is 0.367 e. The van der Waals surface area contributed by atoms with Gasteiger partial charge in [-0.1, -0.05) is 32.9 Å². The van der Waals surface area contributed by atoms with E-state index in [1.165, 1.54) is 0 Å². The van der Waals surface area contributed by atoms with Gasteiger partial charge in [0, 0.05) is 12.6 Å². The second-order valence-corrected chi connectivity index (χ2v) is 6.09. The molecule has 0 fully saturated rings. The molecule has 0 bridgehead atoms. The molecule has 3 atom stereocenters. The second-order valence-electron chi connectivity index (χ2n) is 6.09. The van der Waals surface area contributed by atoms with Gasteiger partial charge in [0.05, 0.1) is 5.92 Å². The lowest BCUT2D eigenvalue weighted by atomic mass is 9.89. The summed E-state index contributed by atoms with van der Waals surface area (Å²) in [4.78, 5) is 4.65. The summed E-state index contributed by atoms with van der Waals surface area (Å²) in [6.45, 7) is 16.3. The third kappa shape index (κ3) is 4.27. The van der Waals surface area contributed by atoms with Crippen molar-refractivity contribution in [3.8, 4) is 0 Å². The number of likely N-dealkylation sites (N-methyl/N-ethyl adjacent to an activating group) is 1. The predicted molar refractivity (Wildman–Crippen MR) is 84.3 cm³/mol. The molecule has 1 aromatic heterocycles. The van der Waals surface area contributed by atoms with Gasteiger partial charge in [-0.2, -0.15) is 4.98 Å². The Morgan fingerprint density at radius 3 is 2.38 bits per heavy atom. The number of nitrogens with one attached hydrogen (secondary N) is 1. The highest BCUT2D eigenvalue weighted by molar-refractivity contribution is 5.05. The number of hydrogen-bond acceptors (Lipinski definition) is 5. The van der Waals surface area contributed by atoms with Gasteiger partial charge >= 0.3 is 0 Å². The third-order valence-electron chi connectivity index (χ3n) is 4.12. The summed E-state index contributed by atoms with van der Waals surface area (Å²) >= 11 is 0. The third-order valence-corrected chi connectivity index (χ3v) is 4.12. The van der Waals surface area contributed by atoms with Gasteiger partial charge in [0.15, 0.2) is 0 Å². The van der Waals surface area contributed by atoms with Crippen LogP contribution in [0.15, 0.2) is 4.52 Å². The van der Waals surface area contributed by atoms with Gasteiger partial charge in [0.25, 0.3) is 0 Å². The van der Waals surface area contributed by atoms with E-state index >= 15 is 0 Å². The summed E-state index contributed by atoms with van der Waals surface area (Å²) in [6, 6.07) is 0.295. The van der Waals surface area contributed by atoms with Gasteiger partial charge in [0.2, 0.25) is 11.7 Å². The molecular weight excluding hydrogens is 266 g/mol. The lowest BCUT2D eigenvalue weighted by molar-refractivity contribution is -0.0403. The Balaban J connectivity index is 3.03. The van der Waals surface area contributed by atoms with E-state index in [1.807, 2.05) is 13.8 Å². The van der Waals surface area contributed by atoms with E-state index in [9.17, 15) is 0 Å². The average molecular weight is 297 g/mol. The molecule has 0 aliphatic rings. The smallest absolute Gasteiger partial charge is 0.231 e. The molecule has 0 aromatic carbocycles. The standard InChI is InChI=1S/C16H31N3O2/c1-8-16(7,20-10-3)15-18-14(21-19-15)13(11(4)5)12(6)17-9-2/h11-13,17H,8-10H2,1-7H3. The van der Waals surface area contributed by atoms with Crippen LogP contribution in [0.1, 0.15) is 72.5 Å². The van der Waals surface area contributed by atoms with Gasteiger partial charge in [-0.05, 0) is 39.7 Å². The van der Waals surface area contributed by atoms with E-state index in [0.29, 0.717) is 30.3 Å². The number of hydrogen-bond donors (Lipinski definition) is 1. The minimum atomic E-state index is -0.473. The maximum absolute atomic E-state index is 5.83. The van der Waals surface area contributed by atoms with Crippen LogP contribution in [0.25, 0.3) is 0 Å². The summed E-state index contributed by atoms with van der Waals surface area (Å²) in [6.07, 6.45) is 0.814. The molecule has 5 nitrogen and oxygen atoms in total. The van der Waals surface area contributed by atoms with Crippen LogP contribution in [0, 0.1) is 5.92 Å². The summed E-state index contributed by atoms with van der Waals surface area (Å²) in [5.74, 6) is 1.98. The molecule has 0 aliphatic heterocycles. The Hall–Kier alpha value is -0.940. The van der Waals surface area contributed by atoms with Gasteiger partial charge in [-0.15, -0.1) is 0 Å². The Morgan fingerprint density at radius 1 is 1.24 bits per heavy atom. The van der Waals surface area contributed by atoms with Crippen LogP contribution in [0.5, 0.6) is 0 Å². The number of aromatic nitrogens is 2. The zero-order valence-electron chi connectivity index (χ0n) is 14.6. The van der Waals surface area contributed by atoms with Crippen molar-refractivity contribution in [3.05, 3.63) is 11.7 Å². The summed E-state index contributed by atoms with van der Waals surface area (Å²) in [5.41, 5.74) is -0.473.